The van der Waals surface area contributed by atoms with Gasteiger partial charge in [0.2, 0.25) is 0 Å². The molecule has 0 bridgehead atoms. The molecule has 14 heavy (non-hydrogen) atoms. The minimum atomic E-state index is 0.593. The molecule has 1 aromatic rings. The first kappa shape index (κ1) is 9.55. The van der Waals surface area contributed by atoms with Crippen LogP contribution in [0.1, 0.15) is 5.76 Å². The fraction of sp³-hybridized carbons (Fsp3) is 0.600. The predicted molar refractivity (Wildman–Crippen MR) is 53.4 cm³/mol. The molecular formula is C10H16N2O2. The highest BCUT2D eigenvalue weighted by molar-refractivity contribution is 5.11. The molecule has 4 heteroatoms. The molecule has 1 N–H and O–H groups in total. The van der Waals surface area contributed by atoms with Gasteiger partial charge in [0.25, 0.3) is 5.95 Å². The number of piperazine rings is 1. The zero-order valence-corrected chi connectivity index (χ0v) is 8.45. The van der Waals surface area contributed by atoms with Gasteiger partial charge >= 0.3 is 0 Å². The van der Waals surface area contributed by atoms with E-state index < -0.39 is 0 Å². The van der Waals surface area contributed by atoms with E-state index in [-0.39, 0.29) is 0 Å². The Kier molecular flexibility index (Phi) is 3.06. The van der Waals surface area contributed by atoms with Crippen molar-refractivity contribution in [1.82, 2.24) is 10.2 Å². The molecule has 2 rings (SSSR count). The molecular weight excluding hydrogens is 180 g/mol. The lowest BCUT2D eigenvalue weighted by molar-refractivity contribution is 0.206. The number of nitrogens with zero attached hydrogens (tertiary/aromatic N) is 1. The number of ether oxygens (including phenoxy) is 1. The second-order valence-electron chi connectivity index (χ2n) is 3.45. The number of furan rings is 1. The maximum Gasteiger partial charge on any atom is 0.284 e. The summed E-state index contributed by atoms with van der Waals surface area (Å²) in [5.41, 5.74) is 0. The average molecular weight is 196 g/mol. The van der Waals surface area contributed by atoms with E-state index in [1.807, 2.05) is 12.1 Å². The summed E-state index contributed by atoms with van der Waals surface area (Å²) in [5, 5.41) is 3.32. The highest BCUT2D eigenvalue weighted by atomic mass is 16.6. The lowest BCUT2D eigenvalue weighted by Gasteiger charge is -2.25. The van der Waals surface area contributed by atoms with E-state index in [0.29, 0.717) is 5.95 Å². The first-order valence-corrected chi connectivity index (χ1v) is 4.94. The van der Waals surface area contributed by atoms with Crippen molar-refractivity contribution in [3.8, 4) is 5.95 Å². The molecule has 1 aliphatic rings. The van der Waals surface area contributed by atoms with Crippen LogP contribution in [0.2, 0.25) is 0 Å². The van der Waals surface area contributed by atoms with E-state index in [9.17, 15) is 0 Å². The van der Waals surface area contributed by atoms with Gasteiger partial charge in [0.15, 0.2) is 0 Å². The maximum absolute atomic E-state index is 5.45. The Labute approximate surface area is 83.8 Å². The molecule has 2 heterocycles. The van der Waals surface area contributed by atoms with Gasteiger partial charge in [-0.15, -0.1) is 0 Å². The second kappa shape index (κ2) is 4.48. The van der Waals surface area contributed by atoms with Gasteiger partial charge in [-0.1, -0.05) is 0 Å². The molecule has 0 aromatic carbocycles. The molecule has 0 spiro atoms. The SMILES string of the molecule is COc1ccc(CN2CCNCC2)o1. The zero-order valence-electron chi connectivity index (χ0n) is 8.45. The lowest BCUT2D eigenvalue weighted by Crippen LogP contribution is -2.42. The smallest absolute Gasteiger partial charge is 0.284 e. The van der Waals surface area contributed by atoms with E-state index >= 15 is 0 Å². The normalized spacial score (nSPS) is 18.4. The van der Waals surface area contributed by atoms with Crippen LogP contribution in [0, 0.1) is 0 Å². The van der Waals surface area contributed by atoms with Crippen LogP contribution in [0.4, 0.5) is 0 Å². The van der Waals surface area contributed by atoms with E-state index in [1.54, 1.807) is 7.11 Å². The Morgan fingerprint density at radius 3 is 2.86 bits per heavy atom. The van der Waals surface area contributed by atoms with Crippen LogP contribution in [-0.4, -0.2) is 38.2 Å². The Hall–Kier alpha value is -1.00. The first-order valence-electron chi connectivity index (χ1n) is 4.94. The van der Waals surface area contributed by atoms with Gasteiger partial charge in [-0.25, -0.2) is 0 Å². The Morgan fingerprint density at radius 2 is 2.21 bits per heavy atom. The van der Waals surface area contributed by atoms with Crippen LogP contribution in [0.15, 0.2) is 16.5 Å². The molecule has 1 fully saturated rings. The number of nitrogens with one attached hydrogen (secondary N) is 1. The minimum Gasteiger partial charge on any atom is -0.468 e. The summed E-state index contributed by atoms with van der Waals surface area (Å²) in [7, 11) is 1.62. The molecule has 0 radical (unpaired) electrons. The molecule has 1 aromatic heterocycles. The third kappa shape index (κ3) is 2.27. The van der Waals surface area contributed by atoms with Crippen molar-refractivity contribution in [2.24, 2.45) is 0 Å². The molecule has 0 saturated carbocycles. The van der Waals surface area contributed by atoms with Gasteiger partial charge in [-0.3, -0.25) is 4.90 Å². The van der Waals surface area contributed by atoms with Crippen LogP contribution in [0.3, 0.4) is 0 Å². The molecule has 0 aliphatic carbocycles. The average Bonchev–Trinajstić information content (AvgIpc) is 2.67. The summed E-state index contributed by atoms with van der Waals surface area (Å²) >= 11 is 0. The second-order valence-corrected chi connectivity index (χ2v) is 3.45. The monoisotopic (exact) mass is 196 g/mol. The van der Waals surface area contributed by atoms with Crippen molar-refractivity contribution in [3.05, 3.63) is 17.9 Å². The van der Waals surface area contributed by atoms with Crippen LogP contribution in [0.5, 0.6) is 5.95 Å². The summed E-state index contributed by atoms with van der Waals surface area (Å²) in [6.45, 7) is 5.19. The lowest BCUT2D eigenvalue weighted by atomic mass is 10.3. The Bertz CT molecular complexity index is 279. The van der Waals surface area contributed by atoms with Crippen molar-refractivity contribution in [3.63, 3.8) is 0 Å². The molecule has 1 aliphatic heterocycles. The zero-order chi connectivity index (χ0) is 9.80. The quantitative estimate of drug-likeness (QED) is 0.772. The van der Waals surface area contributed by atoms with Crippen molar-refractivity contribution >= 4 is 0 Å². The predicted octanol–water partition coefficient (Wildman–Crippen LogP) is 0.693. The van der Waals surface area contributed by atoms with Crippen molar-refractivity contribution < 1.29 is 9.15 Å². The first-order chi connectivity index (χ1) is 6.88. The molecule has 0 atom stereocenters. The van der Waals surface area contributed by atoms with Crippen LogP contribution in [-0.2, 0) is 6.54 Å². The number of hydrogen-bond acceptors (Lipinski definition) is 4. The summed E-state index contributed by atoms with van der Waals surface area (Å²) in [5.74, 6) is 1.57. The van der Waals surface area contributed by atoms with Crippen molar-refractivity contribution in [2.45, 2.75) is 6.54 Å². The number of rotatable bonds is 3. The van der Waals surface area contributed by atoms with E-state index in [0.717, 1.165) is 38.5 Å². The van der Waals surface area contributed by atoms with Gasteiger partial charge < -0.3 is 14.5 Å². The van der Waals surface area contributed by atoms with Crippen LogP contribution >= 0.6 is 0 Å². The van der Waals surface area contributed by atoms with Crippen molar-refractivity contribution in [1.29, 1.82) is 0 Å². The molecule has 78 valence electrons. The van der Waals surface area contributed by atoms with E-state index in [2.05, 4.69) is 10.2 Å². The molecule has 1 saturated heterocycles. The van der Waals surface area contributed by atoms with E-state index in [1.165, 1.54) is 0 Å². The summed E-state index contributed by atoms with van der Waals surface area (Å²) in [6.07, 6.45) is 0. The summed E-state index contributed by atoms with van der Waals surface area (Å²) < 4.78 is 10.4. The number of methoxy groups -OCH3 is 1. The van der Waals surface area contributed by atoms with Gasteiger partial charge in [0.05, 0.1) is 13.7 Å². The van der Waals surface area contributed by atoms with Crippen molar-refractivity contribution in [2.75, 3.05) is 33.3 Å². The van der Waals surface area contributed by atoms with Gasteiger partial charge in [0, 0.05) is 32.2 Å². The number of hydrogen-bond donors (Lipinski definition) is 1. The van der Waals surface area contributed by atoms with Gasteiger partial charge in [-0.2, -0.15) is 0 Å². The third-order valence-electron chi connectivity index (χ3n) is 2.43. The molecule has 0 unspecified atom stereocenters. The topological polar surface area (TPSA) is 37.6 Å². The fourth-order valence-corrected chi connectivity index (χ4v) is 1.64. The third-order valence-corrected chi connectivity index (χ3v) is 2.43. The summed E-state index contributed by atoms with van der Waals surface area (Å²) in [4.78, 5) is 2.37. The fourth-order valence-electron chi connectivity index (χ4n) is 1.64. The molecule has 0 amide bonds. The van der Waals surface area contributed by atoms with Crippen LogP contribution < -0.4 is 10.1 Å². The Balaban J connectivity index is 1.89. The highest BCUT2D eigenvalue weighted by Crippen LogP contribution is 2.16. The molecule has 4 nitrogen and oxygen atoms in total. The van der Waals surface area contributed by atoms with Gasteiger partial charge in [-0.05, 0) is 6.07 Å². The largest absolute Gasteiger partial charge is 0.468 e. The Morgan fingerprint density at radius 1 is 1.43 bits per heavy atom. The highest BCUT2D eigenvalue weighted by Gasteiger charge is 2.11. The standard InChI is InChI=1S/C10H16N2O2/c1-13-10-3-2-9(14-10)8-12-6-4-11-5-7-12/h2-3,11H,4-8H2,1H3. The van der Waals surface area contributed by atoms with Crippen LogP contribution in [0.25, 0.3) is 0 Å². The van der Waals surface area contributed by atoms with Gasteiger partial charge in [0.1, 0.15) is 5.76 Å². The maximum atomic E-state index is 5.45. The minimum absolute atomic E-state index is 0.593. The summed E-state index contributed by atoms with van der Waals surface area (Å²) in [6, 6.07) is 3.83. The van der Waals surface area contributed by atoms with E-state index in [4.69, 9.17) is 9.15 Å².